The van der Waals surface area contributed by atoms with Crippen molar-refractivity contribution in [3.8, 4) is 11.5 Å². The van der Waals surface area contributed by atoms with Crippen LogP contribution >= 0.6 is 35.0 Å². The Labute approximate surface area is 176 Å². The number of carbonyl (C=O) groups excluding carboxylic acids is 2. The van der Waals surface area contributed by atoms with Gasteiger partial charge in [0, 0.05) is 22.2 Å². The second-order valence-corrected chi connectivity index (χ2v) is 8.48. The first kappa shape index (κ1) is 19.2. The van der Waals surface area contributed by atoms with Crippen LogP contribution in [-0.4, -0.2) is 35.9 Å². The maximum atomic E-state index is 13.0. The van der Waals surface area contributed by atoms with Crippen LogP contribution in [-0.2, 0) is 10.3 Å². The number of urea groups is 1. The predicted octanol–water partition coefficient (Wildman–Crippen LogP) is 4.28. The Balaban J connectivity index is 1.47. The van der Waals surface area contributed by atoms with Crippen LogP contribution in [0.3, 0.4) is 0 Å². The summed E-state index contributed by atoms with van der Waals surface area (Å²) in [4.78, 5) is 27.5. The van der Waals surface area contributed by atoms with Crippen molar-refractivity contribution in [2.24, 2.45) is 0 Å². The molecule has 2 aromatic carbocycles. The van der Waals surface area contributed by atoms with E-state index in [0.717, 1.165) is 4.90 Å². The third-order valence-corrected chi connectivity index (χ3v) is 6.40. The maximum Gasteiger partial charge on any atom is 0.325 e. The van der Waals surface area contributed by atoms with Crippen LogP contribution < -0.4 is 14.8 Å². The molecule has 2 heterocycles. The number of nitrogens with zero attached hydrogens (tertiary/aromatic N) is 1. The van der Waals surface area contributed by atoms with Gasteiger partial charge in [-0.2, -0.15) is 0 Å². The number of hydrogen-bond acceptors (Lipinski definition) is 5. The van der Waals surface area contributed by atoms with E-state index < -0.39 is 11.6 Å². The maximum absolute atomic E-state index is 13.0. The first-order chi connectivity index (χ1) is 13.4. The van der Waals surface area contributed by atoms with Gasteiger partial charge in [0.15, 0.2) is 11.5 Å². The molecule has 0 spiro atoms. The molecule has 9 heteroatoms. The summed E-state index contributed by atoms with van der Waals surface area (Å²) in [6, 6.07) is 9.99. The molecule has 2 aliphatic rings. The minimum absolute atomic E-state index is 0.144. The molecule has 1 N–H and O–H groups in total. The van der Waals surface area contributed by atoms with Crippen LogP contribution in [0.15, 0.2) is 41.3 Å². The fourth-order valence-electron chi connectivity index (χ4n) is 3.14. The van der Waals surface area contributed by atoms with E-state index in [4.69, 9.17) is 32.7 Å². The molecule has 28 heavy (non-hydrogen) atoms. The van der Waals surface area contributed by atoms with Crippen molar-refractivity contribution in [3.63, 3.8) is 0 Å². The van der Waals surface area contributed by atoms with Gasteiger partial charge >= 0.3 is 6.03 Å². The second-order valence-electron chi connectivity index (χ2n) is 6.50. The highest BCUT2D eigenvalue weighted by Crippen LogP contribution is 2.38. The van der Waals surface area contributed by atoms with Gasteiger partial charge < -0.3 is 14.8 Å². The average Bonchev–Trinajstić information content (AvgIpc) is 3.22. The Morgan fingerprint density at radius 3 is 2.75 bits per heavy atom. The van der Waals surface area contributed by atoms with E-state index in [0.29, 0.717) is 32.9 Å². The lowest BCUT2D eigenvalue weighted by molar-refractivity contribution is -0.130. The molecule has 1 atom stereocenters. The number of benzene rings is 2. The molecule has 2 aromatic rings. The Morgan fingerprint density at radius 2 is 1.93 bits per heavy atom. The van der Waals surface area contributed by atoms with Crippen molar-refractivity contribution in [1.82, 2.24) is 10.2 Å². The van der Waals surface area contributed by atoms with Crippen molar-refractivity contribution in [3.05, 3.63) is 52.0 Å². The molecule has 0 bridgehead atoms. The van der Waals surface area contributed by atoms with Gasteiger partial charge in [-0.3, -0.25) is 9.69 Å². The molecule has 146 valence electrons. The molecule has 0 radical (unpaired) electrons. The summed E-state index contributed by atoms with van der Waals surface area (Å²) in [6.45, 7) is 2.08. The Hall–Kier alpha value is -2.09. The molecule has 0 aliphatic carbocycles. The zero-order valence-corrected chi connectivity index (χ0v) is 17.2. The van der Waals surface area contributed by atoms with Crippen LogP contribution in [0.1, 0.15) is 12.5 Å². The van der Waals surface area contributed by atoms with Crippen molar-refractivity contribution in [2.75, 3.05) is 19.1 Å². The molecule has 3 amide bonds. The lowest BCUT2D eigenvalue weighted by Gasteiger charge is -2.22. The smallest absolute Gasteiger partial charge is 0.325 e. The molecule has 0 saturated carbocycles. The molecule has 4 rings (SSSR count). The number of thioether (sulfide) groups is 1. The summed E-state index contributed by atoms with van der Waals surface area (Å²) in [5, 5.41) is 3.95. The highest BCUT2D eigenvalue weighted by atomic mass is 35.5. The number of carbonyl (C=O) groups is 2. The Kier molecular flexibility index (Phi) is 5.07. The van der Waals surface area contributed by atoms with Gasteiger partial charge in [0.2, 0.25) is 6.79 Å². The number of rotatable bonds is 5. The standard InChI is InChI=1S/C19H16Cl2N2O4S/c1-19(11-2-5-14-15(8-11)27-10-26-14)17(24)23(18(25)22-19)6-7-28-16-9-12(20)3-4-13(16)21/h2-5,8-9H,6-7,10H2,1H3,(H,22,25)/t19-/m0/s1. The van der Waals surface area contributed by atoms with Crippen LogP contribution in [0.5, 0.6) is 11.5 Å². The minimum atomic E-state index is -1.16. The third-order valence-electron chi connectivity index (χ3n) is 4.69. The minimum Gasteiger partial charge on any atom is -0.454 e. The van der Waals surface area contributed by atoms with Gasteiger partial charge in [-0.15, -0.1) is 11.8 Å². The number of imide groups is 1. The monoisotopic (exact) mass is 438 g/mol. The van der Waals surface area contributed by atoms with Crippen LogP contribution in [0.25, 0.3) is 0 Å². The van der Waals surface area contributed by atoms with Gasteiger partial charge in [0.05, 0.1) is 5.02 Å². The van der Waals surface area contributed by atoms with Crippen LogP contribution in [0, 0.1) is 0 Å². The highest BCUT2D eigenvalue weighted by Gasteiger charge is 2.49. The number of fused-ring (bicyclic) bond motifs is 1. The average molecular weight is 439 g/mol. The van der Waals surface area contributed by atoms with E-state index in [2.05, 4.69) is 5.32 Å². The topological polar surface area (TPSA) is 67.9 Å². The molecule has 1 fully saturated rings. The number of halogens is 2. The fourth-order valence-corrected chi connectivity index (χ4v) is 4.57. The molecular weight excluding hydrogens is 423 g/mol. The van der Waals surface area contributed by atoms with Crippen molar-refractivity contribution in [2.45, 2.75) is 17.4 Å². The van der Waals surface area contributed by atoms with Gasteiger partial charge in [0.1, 0.15) is 5.54 Å². The fraction of sp³-hybridized carbons (Fsp3) is 0.263. The quantitative estimate of drug-likeness (QED) is 0.557. The van der Waals surface area contributed by atoms with Gasteiger partial charge in [-0.05, 0) is 42.8 Å². The van der Waals surface area contributed by atoms with Crippen molar-refractivity contribution < 1.29 is 19.1 Å². The summed E-state index contributed by atoms with van der Waals surface area (Å²) >= 11 is 13.6. The lowest BCUT2D eigenvalue weighted by Crippen LogP contribution is -2.41. The summed E-state index contributed by atoms with van der Waals surface area (Å²) in [6.07, 6.45) is 0. The summed E-state index contributed by atoms with van der Waals surface area (Å²) in [5.41, 5.74) is -0.515. The Morgan fingerprint density at radius 1 is 1.14 bits per heavy atom. The van der Waals surface area contributed by atoms with E-state index in [1.807, 2.05) is 0 Å². The normalized spacial score (nSPS) is 20.6. The SMILES string of the molecule is C[C@@]1(c2ccc3c(c2)OCO3)NC(=O)N(CCSc2cc(Cl)ccc2Cl)C1=O. The molecule has 0 aromatic heterocycles. The molecule has 0 unspecified atom stereocenters. The number of hydrogen-bond donors (Lipinski definition) is 1. The highest BCUT2D eigenvalue weighted by molar-refractivity contribution is 7.99. The molecular formula is C19H16Cl2N2O4S. The molecule has 6 nitrogen and oxygen atoms in total. The van der Waals surface area contributed by atoms with Crippen LogP contribution in [0.4, 0.5) is 4.79 Å². The van der Waals surface area contributed by atoms with Crippen molar-refractivity contribution in [1.29, 1.82) is 0 Å². The molecule has 1 saturated heterocycles. The van der Waals surface area contributed by atoms with E-state index in [-0.39, 0.29) is 19.2 Å². The van der Waals surface area contributed by atoms with Gasteiger partial charge in [-0.25, -0.2) is 4.79 Å². The summed E-state index contributed by atoms with van der Waals surface area (Å²) < 4.78 is 10.7. The van der Waals surface area contributed by atoms with Crippen molar-refractivity contribution >= 4 is 46.9 Å². The summed E-state index contributed by atoms with van der Waals surface area (Å²) in [7, 11) is 0. The van der Waals surface area contributed by atoms with E-state index >= 15 is 0 Å². The Bertz CT molecular complexity index is 971. The zero-order valence-electron chi connectivity index (χ0n) is 14.8. The third kappa shape index (κ3) is 3.38. The van der Waals surface area contributed by atoms with E-state index in [1.54, 1.807) is 43.3 Å². The lowest BCUT2D eigenvalue weighted by atomic mass is 9.91. The number of ether oxygens (including phenoxy) is 2. The predicted molar refractivity (Wildman–Crippen MR) is 107 cm³/mol. The second kappa shape index (κ2) is 7.39. The van der Waals surface area contributed by atoms with Gasteiger partial charge in [0.25, 0.3) is 5.91 Å². The largest absolute Gasteiger partial charge is 0.454 e. The van der Waals surface area contributed by atoms with Gasteiger partial charge in [-0.1, -0.05) is 29.3 Å². The number of nitrogens with one attached hydrogen (secondary N) is 1. The van der Waals surface area contributed by atoms with E-state index in [9.17, 15) is 9.59 Å². The first-order valence-corrected chi connectivity index (χ1v) is 10.2. The zero-order chi connectivity index (χ0) is 19.9. The number of amides is 3. The van der Waals surface area contributed by atoms with Crippen LogP contribution in [0.2, 0.25) is 10.0 Å². The first-order valence-electron chi connectivity index (χ1n) is 8.50. The summed E-state index contributed by atoms with van der Waals surface area (Å²) in [5.74, 6) is 1.37. The molecule has 2 aliphatic heterocycles. The van der Waals surface area contributed by atoms with E-state index in [1.165, 1.54) is 16.7 Å².